The predicted octanol–water partition coefficient (Wildman–Crippen LogP) is 26.8. The quantitative estimate of drug-likeness (QED) is 0.135. The molecule has 0 radical (unpaired) electrons. The number of hydrogen-bond donors (Lipinski definition) is 0. The standard InChI is InChI=1S/C100H82N2/c1-61-28-25-29-62(2)92(61)81-58-69(67-32-15-12-16-33-67)55-65(5)96(81)102(71-47-50-76-74-34-17-21-38-82(74)97(6,7)88(76)59-71)91-45-27-43-87-94(91)79-37-20-23-40-84(79)99(87,9)53-52-98(8)83-39-22-19-36-78(83)93-86(98)42-26-44-90(93)101-72-48-51-77-75-35-18-24-41-85(75)100(10,89(77)60-72)70-46-49-73(63(3)56-70)80-57-68(54-64(4)95(80)101)66-30-13-11-14-31-66/h11-51,54-60H,52-53H2,1-10H3. The number of anilines is 6. The molecule has 0 saturated carbocycles. The van der Waals surface area contributed by atoms with E-state index in [0.29, 0.717) is 0 Å². The van der Waals surface area contributed by atoms with Gasteiger partial charge >= 0.3 is 0 Å². The van der Waals surface area contributed by atoms with Crippen LogP contribution in [0.3, 0.4) is 0 Å². The third kappa shape index (κ3) is 8.78. The maximum Gasteiger partial charge on any atom is 0.0570 e. The first kappa shape index (κ1) is 61.7. The van der Waals surface area contributed by atoms with Gasteiger partial charge in [0.05, 0.1) is 22.7 Å². The SMILES string of the molecule is Cc1cc2ccc1-c1cc(-c3ccccc3)cc(C)c1N(c1cccc3c1-c1ccccc1C3(C)CCC1(C)c3ccccc3-c3c(N(c4ccc5c(c4)C(C)(C)c4ccccc4-5)c4c(C)cc(-c5ccccc5)cc4-c4c(C)cccc4C)cccc31)c1ccc3c(c1)C2(C)c1ccccc1-3. The summed E-state index contributed by atoms with van der Waals surface area (Å²) < 4.78 is 0. The van der Waals surface area contributed by atoms with E-state index < -0.39 is 0 Å². The van der Waals surface area contributed by atoms with Crippen LogP contribution in [0.25, 0.3) is 89.0 Å². The van der Waals surface area contributed by atoms with Crippen molar-refractivity contribution < 1.29 is 0 Å². The summed E-state index contributed by atoms with van der Waals surface area (Å²) in [5.74, 6) is 0. The van der Waals surface area contributed by atoms with Gasteiger partial charge in [-0.05, 0) is 260 Å². The highest BCUT2D eigenvalue weighted by Gasteiger charge is 2.48. The number of benzene rings is 14. The Kier molecular flexibility index (Phi) is 13.7. The van der Waals surface area contributed by atoms with Gasteiger partial charge in [-0.1, -0.05) is 258 Å². The Morgan fingerprint density at radius 2 is 0.794 bits per heavy atom. The number of hydrogen-bond acceptors (Lipinski definition) is 2. The van der Waals surface area contributed by atoms with Gasteiger partial charge in [0.25, 0.3) is 0 Å². The molecule has 2 heteroatoms. The molecule has 0 spiro atoms. The summed E-state index contributed by atoms with van der Waals surface area (Å²) in [4.78, 5) is 5.34. The molecule has 0 fully saturated rings. The molecule has 102 heavy (non-hydrogen) atoms. The van der Waals surface area contributed by atoms with Crippen molar-refractivity contribution in [3.05, 3.63) is 369 Å². The second-order valence-electron chi connectivity index (χ2n) is 31.0. The molecule has 6 aliphatic rings. The molecule has 4 bridgehead atoms. The zero-order valence-corrected chi connectivity index (χ0v) is 60.0. The van der Waals surface area contributed by atoms with E-state index in [2.05, 4.69) is 370 Å². The Morgan fingerprint density at radius 1 is 0.294 bits per heavy atom. The molecular weight excluding hydrogens is 1230 g/mol. The molecule has 0 amide bonds. The molecule has 492 valence electrons. The van der Waals surface area contributed by atoms with Crippen LogP contribution in [-0.4, -0.2) is 0 Å². The van der Waals surface area contributed by atoms with Gasteiger partial charge in [0.2, 0.25) is 0 Å². The lowest BCUT2D eigenvalue weighted by Crippen LogP contribution is -2.28. The molecule has 2 heterocycles. The van der Waals surface area contributed by atoms with Crippen LogP contribution >= 0.6 is 0 Å². The number of aryl methyl sites for hydroxylation is 5. The maximum atomic E-state index is 2.67. The van der Waals surface area contributed by atoms with Gasteiger partial charge in [-0.3, -0.25) is 0 Å². The van der Waals surface area contributed by atoms with Crippen LogP contribution in [-0.2, 0) is 21.7 Å². The molecule has 2 aliphatic heterocycles. The first-order valence-electron chi connectivity index (χ1n) is 36.7. The van der Waals surface area contributed by atoms with E-state index in [1.807, 2.05) is 0 Å². The van der Waals surface area contributed by atoms with E-state index >= 15 is 0 Å². The monoisotopic (exact) mass is 1310 g/mol. The van der Waals surface area contributed by atoms with Crippen LogP contribution < -0.4 is 9.80 Å². The van der Waals surface area contributed by atoms with Gasteiger partial charge < -0.3 is 9.80 Å². The molecule has 0 N–H and O–H groups in total. The topological polar surface area (TPSA) is 6.48 Å². The molecule has 14 aromatic rings. The Hall–Kier alpha value is -11.3. The lowest BCUT2D eigenvalue weighted by molar-refractivity contribution is 0.424. The molecule has 3 atom stereocenters. The van der Waals surface area contributed by atoms with Crippen molar-refractivity contribution in [3.63, 3.8) is 0 Å². The number of fused-ring (bicyclic) bond motifs is 13. The molecule has 3 unspecified atom stereocenters. The fraction of sp³-hybridized carbons (Fsp3) is 0.160. The van der Waals surface area contributed by atoms with Gasteiger partial charge in [-0.15, -0.1) is 0 Å². The minimum Gasteiger partial charge on any atom is -0.309 e. The molecule has 0 aromatic heterocycles. The molecule has 20 rings (SSSR count). The highest BCUT2D eigenvalue weighted by Crippen LogP contribution is 2.64. The largest absolute Gasteiger partial charge is 0.309 e. The molecule has 2 nitrogen and oxygen atoms in total. The van der Waals surface area contributed by atoms with Crippen molar-refractivity contribution in [2.75, 3.05) is 9.80 Å². The fourth-order valence-electron chi connectivity index (χ4n) is 19.8. The first-order chi connectivity index (χ1) is 49.5. The third-order valence-corrected chi connectivity index (χ3v) is 25.0. The summed E-state index contributed by atoms with van der Waals surface area (Å²) in [6, 6.07) is 112. The van der Waals surface area contributed by atoms with Crippen LogP contribution in [0.5, 0.6) is 0 Å². The van der Waals surface area contributed by atoms with E-state index in [1.54, 1.807) is 0 Å². The van der Waals surface area contributed by atoms with E-state index in [4.69, 9.17) is 0 Å². The summed E-state index contributed by atoms with van der Waals surface area (Å²) in [5, 5.41) is 0. The van der Waals surface area contributed by atoms with E-state index in [1.165, 1.54) is 190 Å². The van der Waals surface area contributed by atoms with Crippen molar-refractivity contribution in [3.8, 4) is 89.0 Å². The van der Waals surface area contributed by atoms with Gasteiger partial charge in [-0.25, -0.2) is 0 Å². The van der Waals surface area contributed by atoms with Crippen LogP contribution in [0.2, 0.25) is 0 Å². The van der Waals surface area contributed by atoms with Crippen LogP contribution in [0, 0.1) is 34.6 Å². The Labute approximate surface area is 602 Å². The van der Waals surface area contributed by atoms with Gasteiger partial charge in [0, 0.05) is 55.3 Å². The predicted molar refractivity (Wildman–Crippen MR) is 429 cm³/mol. The normalized spacial score (nSPS) is 17.8. The average Bonchev–Trinajstić information content (AvgIpc) is 1.54. The van der Waals surface area contributed by atoms with Gasteiger partial charge in [0.1, 0.15) is 0 Å². The van der Waals surface area contributed by atoms with Gasteiger partial charge in [-0.2, -0.15) is 0 Å². The summed E-state index contributed by atoms with van der Waals surface area (Å²) in [6.07, 6.45) is 1.82. The van der Waals surface area contributed by atoms with Crippen LogP contribution in [0.4, 0.5) is 34.1 Å². The minimum absolute atomic E-state index is 0.211. The van der Waals surface area contributed by atoms with Gasteiger partial charge in [0.15, 0.2) is 0 Å². The van der Waals surface area contributed by atoms with E-state index in [9.17, 15) is 0 Å². The summed E-state index contributed by atoms with van der Waals surface area (Å²) >= 11 is 0. The van der Waals surface area contributed by atoms with Crippen molar-refractivity contribution in [2.24, 2.45) is 0 Å². The van der Waals surface area contributed by atoms with Crippen molar-refractivity contribution >= 4 is 34.1 Å². The zero-order chi connectivity index (χ0) is 69.3. The van der Waals surface area contributed by atoms with Crippen LogP contribution in [0.1, 0.15) is 125 Å². The molecular formula is C100H82N2. The highest BCUT2D eigenvalue weighted by molar-refractivity contribution is 6.04. The van der Waals surface area contributed by atoms with Crippen molar-refractivity contribution in [1.29, 1.82) is 0 Å². The second kappa shape index (κ2) is 22.6. The highest BCUT2D eigenvalue weighted by atomic mass is 15.2. The third-order valence-electron chi connectivity index (χ3n) is 25.0. The Balaban J connectivity index is 0.793. The van der Waals surface area contributed by atoms with Crippen molar-refractivity contribution in [2.45, 2.75) is 104 Å². The Bertz CT molecular complexity index is 5850. The van der Waals surface area contributed by atoms with Crippen molar-refractivity contribution in [1.82, 2.24) is 0 Å². The summed E-state index contributed by atoms with van der Waals surface area (Å²) in [5.41, 5.74) is 44.6. The lowest BCUT2D eigenvalue weighted by atomic mass is 9.69. The minimum atomic E-state index is -0.378. The average molecular weight is 1310 g/mol. The second-order valence-corrected chi connectivity index (χ2v) is 31.0. The van der Waals surface area contributed by atoms with E-state index in [0.717, 1.165) is 24.2 Å². The maximum absolute atomic E-state index is 2.67. The fourth-order valence-corrected chi connectivity index (χ4v) is 19.8. The molecule has 0 saturated heterocycles. The smallest absolute Gasteiger partial charge is 0.0570 e. The zero-order valence-electron chi connectivity index (χ0n) is 60.0. The summed E-state index contributed by atoms with van der Waals surface area (Å²) in [6.45, 7) is 24.0. The Morgan fingerprint density at radius 3 is 1.45 bits per heavy atom. The lowest BCUT2D eigenvalue weighted by Gasteiger charge is -2.36. The van der Waals surface area contributed by atoms with E-state index in [-0.39, 0.29) is 21.7 Å². The number of nitrogens with zero attached hydrogens (tertiary/aromatic N) is 2. The first-order valence-corrected chi connectivity index (χ1v) is 36.7. The molecule has 14 aromatic carbocycles. The summed E-state index contributed by atoms with van der Waals surface area (Å²) in [7, 11) is 0. The number of rotatable bonds is 10. The molecule has 4 aliphatic carbocycles. The van der Waals surface area contributed by atoms with Crippen LogP contribution in [0.15, 0.2) is 291 Å².